The number of aromatic nitrogens is 4. The van der Waals surface area contributed by atoms with Gasteiger partial charge in [-0.25, -0.2) is 15.0 Å². The van der Waals surface area contributed by atoms with Gasteiger partial charge < -0.3 is 4.74 Å². The van der Waals surface area contributed by atoms with Crippen LogP contribution in [0.15, 0.2) is 182 Å². The van der Waals surface area contributed by atoms with Crippen LogP contribution in [0.5, 0.6) is 11.5 Å². The number of nitrogens with zero attached hydrogens (tertiary/aromatic N) is 4. The molecule has 5 nitrogen and oxygen atoms in total. The highest BCUT2D eigenvalue weighted by Crippen LogP contribution is 2.63. The molecule has 0 unspecified atom stereocenters. The number of pyridine rings is 1. The zero-order valence-corrected chi connectivity index (χ0v) is 29.0. The summed E-state index contributed by atoms with van der Waals surface area (Å²) in [5, 5.41) is 1.11. The van der Waals surface area contributed by atoms with Gasteiger partial charge in [-0.3, -0.25) is 4.98 Å². The lowest BCUT2D eigenvalue weighted by atomic mass is 9.66. The molecule has 0 saturated heterocycles. The lowest BCUT2D eigenvalue weighted by Crippen LogP contribution is -2.32. The molecule has 7 aromatic carbocycles. The van der Waals surface area contributed by atoms with Crippen molar-refractivity contribution in [2.45, 2.75) is 5.41 Å². The predicted molar refractivity (Wildman–Crippen MR) is 214 cm³/mol. The molecule has 1 aliphatic heterocycles. The van der Waals surface area contributed by atoms with Gasteiger partial charge in [-0.05, 0) is 46.0 Å². The van der Waals surface area contributed by atoms with Crippen molar-refractivity contribution in [3.05, 3.63) is 204 Å². The van der Waals surface area contributed by atoms with E-state index < -0.39 is 5.41 Å². The number of rotatable bonds is 4. The molecule has 0 fully saturated rings. The largest absolute Gasteiger partial charge is 0.456 e. The Labute approximate surface area is 312 Å². The maximum absolute atomic E-state index is 6.96. The molecule has 0 atom stereocenters. The standard InChI is InChI=1S/C49H30N4O/c1-2-13-33(14-3-1)46-51-47(34-28-26-31(27-29-34)35-19-10-15-32-16-12-30-50-44(32)35)53-48(52-46)38-20-11-24-42-45(38)54-43-25-9-8-23-41(43)49(42)39-21-6-4-17-36(39)37-18-5-7-22-40(37)49/h1-30H. The Kier molecular flexibility index (Phi) is 6.70. The minimum Gasteiger partial charge on any atom is -0.456 e. The molecule has 0 radical (unpaired) electrons. The highest BCUT2D eigenvalue weighted by Gasteiger charge is 2.51. The van der Waals surface area contributed by atoms with E-state index in [9.17, 15) is 0 Å². The number of benzene rings is 7. The van der Waals surface area contributed by atoms with Gasteiger partial charge in [0.25, 0.3) is 0 Å². The summed E-state index contributed by atoms with van der Waals surface area (Å²) in [6.07, 6.45) is 1.84. The van der Waals surface area contributed by atoms with E-state index in [-0.39, 0.29) is 0 Å². The summed E-state index contributed by atoms with van der Waals surface area (Å²) in [5.41, 5.74) is 12.3. The second-order valence-corrected chi connectivity index (χ2v) is 13.8. The van der Waals surface area contributed by atoms with Crippen LogP contribution in [-0.2, 0) is 5.41 Å². The first kappa shape index (κ1) is 30.4. The fourth-order valence-electron chi connectivity index (χ4n) is 8.53. The van der Waals surface area contributed by atoms with Crippen molar-refractivity contribution in [2.75, 3.05) is 0 Å². The van der Waals surface area contributed by atoms with E-state index in [0.29, 0.717) is 17.5 Å². The third-order valence-corrected chi connectivity index (χ3v) is 10.9. The topological polar surface area (TPSA) is 60.8 Å². The summed E-state index contributed by atoms with van der Waals surface area (Å²) in [5.74, 6) is 3.30. The first-order valence-electron chi connectivity index (χ1n) is 18.1. The van der Waals surface area contributed by atoms with Gasteiger partial charge in [-0.2, -0.15) is 0 Å². The highest BCUT2D eigenvalue weighted by atomic mass is 16.5. The summed E-state index contributed by atoms with van der Waals surface area (Å²) in [4.78, 5) is 20.1. The molecule has 11 rings (SSSR count). The van der Waals surface area contributed by atoms with Crippen molar-refractivity contribution in [1.29, 1.82) is 0 Å². The number of hydrogen-bond donors (Lipinski definition) is 0. The van der Waals surface area contributed by atoms with Gasteiger partial charge >= 0.3 is 0 Å². The van der Waals surface area contributed by atoms with Crippen LogP contribution >= 0.6 is 0 Å². The predicted octanol–water partition coefficient (Wildman–Crippen LogP) is 11.6. The maximum atomic E-state index is 6.96. The quantitative estimate of drug-likeness (QED) is 0.184. The summed E-state index contributed by atoms with van der Waals surface area (Å²) in [6, 6.07) is 61.2. The molecule has 54 heavy (non-hydrogen) atoms. The number of fused-ring (bicyclic) bond motifs is 10. The average molecular weight is 691 g/mol. The molecule has 2 aromatic heterocycles. The van der Waals surface area contributed by atoms with Gasteiger partial charge in [-0.1, -0.05) is 158 Å². The van der Waals surface area contributed by atoms with E-state index in [4.69, 9.17) is 19.7 Å². The van der Waals surface area contributed by atoms with Crippen molar-refractivity contribution in [1.82, 2.24) is 19.9 Å². The van der Waals surface area contributed by atoms with Crippen LogP contribution in [-0.4, -0.2) is 19.9 Å². The Morgan fingerprint density at radius 1 is 0.370 bits per heavy atom. The van der Waals surface area contributed by atoms with E-state index in [0.717, 1.165) is 61.3 Å². The summed E-state index contributed by atoms with van der Waals surface area (Å²) in [6.45, 7) is 0. The van der Waals surface area contributed by atoms with Gasteiger partial charge in [0.2, 0.25) is 0 Å². The van der Waals surface area contributed by atoms with Gasteiger partial charge in [0.15, 0.2) is 17.5 Å². The fourth-order valence-corrected chi connectivity index (χ4v) is 8.53. The van der Waals surface area contributed by atoms with Crippen LogP contribution in [0.3, 0.4) is 0 Å². The van der Waals surface area contributed by atoms with Gasteiger partial charge in [0, 0.05) is 39.4 Å². The van der Waals surface area contributed by atoms with Crippen LogP contribution < -0.4 is 4.74 Å². The van der Waals surface area contributed by atoms with Crippen molar-refractivity contribution in [3.63, 3.8) is 0 Å². The number of para-hydroxylation sites is 3. The minimum atomic E-state index is -0.586. The second-order valence-electron chi connectivity index (χ2n) is 13.8. The number of hydrogen-bond acceptors (Lipinski definition) is 5. The minimum absolute atomic E-state index is 0.548. The molecule has 0 N–H and O–H groups in total. The molecule has 3 heterocycles. The number of ether oxygens (including phenoxy) is 1. The molecular weight excluding hydrogens is 661 g/mol. The lowest BCUT2D eigenvalue weighted by molar-refractivity contribution is 0.437. The lowest BCUT2D eigenvalue weighted by Gasteiger charge is -2.39. The van der Waals surface area contributed by atoms with Crippen LogP contribution in [0.2, 0.25) is 0 Å². The zero-order valence-electron chi connectivity index (χ0n) is 29.0. The molecule has 252 valence electrons. The van der Waals surface area contributed by atoms with Crippen molar-refractivity contribution < 1.29 is 4.74 Å². The van der Waals surface area contributed by atoms with Crippen LogP contribution in [0, 0.1) is 0 Å². The van der Waals surface area contributed by atoms with Crippen LogP contribution in [0.25, 0.3) is 67.3 Å². The smallest absolute Gasteiger partial charge is 0.167 e. The Bertz CT molecular complexity index is 2870. The third-order valence-electron chi connectivity index (χ3n) is 10.9. The molecule has 1 aliphatic carbocycles. The third kappa shape index (κ3) is 4.45. The Morgan fingerprint density at radius 3 is 1.67 bits per heavy atom. The summed E-state index contributed by atoms with van der Waals surface area (Å²) >= 11 is 0. The molecule has 9 aromatic rings. The summed E-state index contributed by atoms with van der Waals surface area (Å²) < 4.78 is 6.96. The van der Waals surface area contributed by atoms with E-state index in [2.05, 4.69) is 138 Å². The summed E-state index contributed by atoms with van der Waals surface area (Å²) in [7, 11) is 0. The molecule has 1 spiro atoms. The molecule has 0 saturated carbocycles. The highest BCUT2D eigenvalue weighted by molar-refractivity contribution is 5.94. The van der Waals surface area contributed by atoms with Gasteiger partial charge in [-0.15, -0.1) is 0 Å². The molecule has 2 aliphatic rings. The normalized spacial score (nSPS) is 13.1. The van der Waals surface area contributed by atoms with E-state index in [1.807, 2.05) is 48.7 Å². The average Bonchev–Trinajstić information content (AvgIpc) is 3.54. The van der Waals surface area contributed by atoms with Crippen molar-refractivity contribution in [3.8, 4) is 67.9 Å². The van der Waals surface area contributed by atoms with E-state index >= 15 is 0 Å². The second kappa shape index (κ2) is 11.9. The van der Waals surface area contributed by atoms with E-state index in [1.54, 1.807) is 0 Å². The van der Waals surface area contributed by atoms with Crippen molar-refractivity contribution >= 4 is 10.9 Å². The SMILES string of the molecule is c1ccc(-c2nc(-c3ccc(-c4cccc5cccnc45)cc3)nc(-c3cccc4c3Oc3ccccc3C43c4ccccc4-c4ccccc43)n2)cc1. The first-order valence-corrected chi connectivity index (χ1v) is 18.1. The zero-order chi connectivity index (χ0) is 35.6. The molecular formula is C49H30N4O. The van der Waals surface area contributed by atoms with E-state index in [1.165, 1.54) is 22.3 Å². The fraction of sp³-hybridized carbons (Fsp3) is 0.0204. The van der Waals surface area contributed by atoms with Gasteiger partial charge in [0.1, 0.15) is 11.5 Å². The maximum Gasteiger partial charge on any atom is 0.167 e. The Balaban J connectivity index is 1.12. The Hall–Kier alpha value is -7.24. The van der Waals surface area contributed by atoms with Crippen molar-refractivity contribution in [2.24, 2.45) is 0 Å². The first-order chi connectivity index (χ1) is 26.8. The van der Waals surface area contributed by atoms with Gasteiger partial charge in [0.05, 0.1) is 16.5 Å². The molecule has 5 heteroatoms. The molecule has 0 bridgehead atoms. The monoisotopic (exact) mass is 690 g/mol. The molecule has 0 amide bonds. The van der Waals surface area contributed by atoms with Crippen LogP contribution in [0.4, 0.5) is 0 Å². The van der Waals surface area contributed by atoms with Crippen LogP contribution in [0.1, 0.15) is 22.3 Å². The Morgan fingerprint density at radius 2 is 0.907 bits per heavy atom.